The van der Waals surface area contributed by atoms with Gasteiger partial charge < -0.3 is 14.7 Å². The molecule has 0 radical (unpaired) electrons. The van der Waals surface area contributed by atoms with Crippen molar-refractivity contribution in [1.29, 1.82) is 0 Å². The molecule has 0 heterocycles. The molecule has 0 aliphatic rings. The SMILES string of the molecule is COc1ccc(N(C)C(=O)CO)c(C)c1C. The van der Waals surface area contributed by atoms with E-state index < -0.39 is 6.61 Å². The lowest BCUT2D eigenvalue weighted by Crippen LogP contribution is -2.29. The van der Waals surface area contributed by atoms with Crippen molar-refractivity contribution in [2.45, 2.75) is 13.8 Å². The Hall–Kier alpha value is -1.55. The summed E-state index contributed by atoms with van der Waals surface area (Å²) >= 11 is 0. The standard InChI is InChI=1S/C12H17NO3/c1-8-9(2)11(16-4)6-5-10(8)13(3)12(15)7-14/h5-6,14H,7H2,1-4H3. The Balaban J connectivity index is 3.17. The van der Waals surface area contributed by atoms with Crippen LogP contribution in [0.2, 0.25) is 0 Å². The first kappa shape index (κ1) is 12.5. The third-order valence-corrected chi connectivity index (χ3v) is 2.80. The van der Waals surface area contributed by atoms with Crippen LogP contribution >= 0.6 is 0 Å². The van der Waals surface area contributed by atoms with Crippen LogP contribution in [-0.2, 0) is 4.79 Å². The molecule has 4 heteroatoms. The number of aliphatic hydroxyl groups is 1. The van der Waals surface area contributed by atoms with Crippen molar-refractivity contribution in [3.63, 3.8) is 0 Å². The summed E-state index contributed by atoms with van der Waals surface area (Å²) < 4.78 is 5.19. The van der Waals surface area contributed by atoms with E-state index in [-0.39, 0.29) is 5.91 Å². The van der Waals surface area contributed by atoms with E-state index in [4.69, 9.17) is 9.84 Å². The highest BCUT2D eigenvalue weighted by molar-refractivity contribution is 5.94. The molecule has 1 N–H and O–H groups in total. The smallest absolute Gasteiger partial charge is 0.252 e. The number of methoxy groups -OCH3 is 1. The maximum absolute atomic E-state index is 11.4. The van der Waals surface area contributed by atoms with Crippen molar-refractivity contribution in [1.82, 2.24) is 0 Å². The fourth-order valence-corrected chi connectivity index (χ4v) is 1.61. The number of carbonyl (C=O) groups excluding carboxylic acids is 1. The van der Waals surface area contributed by atoms with Gasteiger partial charge in [0.2, 0.25) is 0 Å². The van der Waals surface area contributed by atoms with Crippen LogP contribution in [0.5, 0.6) is 5.75 Å². The monoisotopic (exact) mass is 223 g/mol. The average Bonchev–Trinajstić information content (AvgIpc) is 2.30. The van der Waals surface area contributed by atoms with Crippen molar-refractivity contribution in [3.8, 4) is 5.75 Å². The number of amides is 1. The molecule has 0 aliphatic carbocycles. The zero-order valence-corrected chi connectivity index (χ0v) is 10.1. The van der Waals surface area contributed by atoms with Crippen LogP contribution in [0, 0.1) is 13.8 Å². The van der Waals surface area contributed by atoms with E-state index in [1.807, 2.05) is 26.0 Å². The van der Waals surface area contributed by atoms with Gasteiger partial charge in [-0.25, -0.2) is 0 Å². The Bertz CT molecular complexity index is 401. The molecule has 88 valence electrons. The number of anilines is 1. The van der Waals surface area contributed by atoms with Crippen LogP contribution in [0.4, 0.5) is 5.69 Å². The fraction of sp³-hybridized carbons (Fsp3) is 0.417. The second kappa shape index (κ2) is 4.99. The number of hydrogen-bond donors (Lipinski definition) is 1. The van der Waals surface area contributed by atoms with Crippen molar-refractivity contribution in [3.05, 3.63) is 23.3 Å². The van der Waals surface area contributed by atoms with Gasteiger partial charge in [-0.15, -0.1) is 0 Å². The minimum atomic E-state index is -0.485. The molecule has 1 amide bonds. The fourth-order valence-electron chi connectivity index (χ4n) is 1.61. The van der Waals surface area contributed by atoms with Crippen molar-refractivity contribution < 1.29 is 14.6 Å². The van der Waals surface area contributed by atoms with E-state index in [2.05, 4.69) is 0 Å². The van der Waals surface area contributed by atoms with Gasteiger partial charge >= 0.3 is 0 Å². The van der Waals surface area contributed by atoms with Crippen LogP contribution in [-0.4, -0.2) is 31.8 Å². The van der Waals surface area contributed by atoms with Crippen molar-refractivity contribution >= 4 is 11.6 Å². The van der Waals surface area contributed by atoms with Gasteiger partial charge in [-0.2, -0.15) is 0 Å². The third-order valence-electron chi connectivity index (χ3n) is 2.80. The van der Waals surface area contributed by atoms with E-state index in [1.165, 1.54) is 4.90 Å². The van der Waals surface area contributed by atoms with Gasteiger partial charge in [0.05, 0.1) is 7.11 Å². The third kappa shape index (κ3) is 2.17. The molecule has 16 heavy (non-hydrogen) atoms. The van der Waals surface area contributed by atoms with Gasteiger partial charge in [0, 0.05) is 12.7 Å². The summed E-state index contributed by atoms with van der Waals surface area (Å²) in [6, 6.07) is 3.63. The molecular formula is C12H17NO3. The van der Waals surface area contributed by atoms with E-state index in [1.54, 1.807) is 14.2 Å². The molecule has 1 aromatic carbocycles. The second-order valence-electron chi connectivity index (χ2n) is 3.65. The number of nitrogens with zero attached hydrogens (tertiary/aromatic N) is 1. The lowest BCUT2D eigenvalue weighted by molar-refractivity contribution is -0.120. The van der Waals surface area contributed by atoms with E-state index in [0.29, 0.717) is 0 Å². The molecule has 1 rings (SSSR count). The molecule has 0 aromatic heterocycles. The summed E-state index contributed by atoms with van der Waals surface area (Å²) in [4.78, 5) is 12.8. The van der Waals surface area contributed by atoms with Gasteiger partial charge in [0.25, 0.3) is 5.91 Å². The summed E-state index contributed by atoms with van der Waals surface area (Å²) in [6.45, 7) is 3.38. The number of aliphatic hydroxyl groups excluding tert-OH is 1. The lowest BCUT2D eigenvalue weighted by atomic mass is 10.1. The predicted octanol–water partition coefficient (Wildman–Crippen LogP) is 1.27. The Morgan fingerprint density at radius 1 is 1.38 bits per heavy atom. The number of carbonyl (C=O) groups is 1. The number of rotatable bonds is 3. The first-order valence-electron chi connectivity index (χ1n) is 5.04. The Labute approximate surface area is 95.5 Å². The van der Waals surface area contributed by atoms with Crippen LogP contribution < -0.4 is 9.64 Å². The predicted molar refractivity (Wildman–Crippen MR) is 63.0 cm³/mol. The van der Waals surface area contributed by atoms with Crippen molar-refractivity contribution in [2.75, 3.05) is 25.7 Å². The second-order valence-corrected chi connectivity index (χ2v) is 3.65. The Morgan fingerprint density at radius 3 is 2.50 bits per heavy atom. The van der Waals surface area contributed by atoms with Crippen LogP contribution in [0.15, 0.2) is 12.1 Å². The van der Waals surface area contributed by atoms with E-state index in [9.17, 15) is 4.79 Å². The summed E-state index contributed by atoms with van der Waals surface area (Å²) in [5.41, 5.74) is 2.76. The van der Waals surface area contributed by atoms with Crippen LogP contribution in [0.25, 0.3) is 0 Å². The van der Waals surface area contributed by atoms with Gasteiger partial charge in [0.1, 0.15) is 12.4 Å². The highest BCUT2D eigenvalue weighted by Gasteiger charge is 2.14. The molecule has 1 aromatic rings. The summed E-state index contributed by atoms with van der Waals surface area (Å²) in [5.74, 6) is 0.471. The first-order chi connectivity index (χ1) is 7.52. The van der Waals surface area contributed by atoms with Crippen molar-refractivity contribution in [2.24, 2.45) is 0 Å². The molecule has 4 nitrogen and oxygen atoms in total. The van der Waals surface area contributed by atoms with Gasteiger partial charge in [-0.05, 0) is 37.1 Å². The molecule has 0 spiro atoms. The molecule has 0 fully saturated rings. The number of benzene rings is 1. The Kier molecular flexibility index (Phi) is 3.90. The van der Waals surface area contributed by atoms with Crippen LogP contribution in [0.1, 0.15) is 11.1 Å². The zero-order valence-electron chi connectivity index (χ0n) is 10.1. The molecule has 0 aliphatic heterocycles. The summed E-state index contributed by atoms with van der Waals surface area (Å²) in [5, 5.41) is 8.81. The van der Waals surface area contributed by atoms with E-state index >= 15 is 0 Å². The molecular weight excluding hydrogens is 206 g/mol. The van der Waals surface area contributed by atoms with Gasteiger partial charge in [-0.3, -0.25) is 4.79 Å². The minimum Gasteiger partial charge on any atom is -0.496 e. The molecule has 0 saturated carbocycles. The molecule has 0 saturated heterocycles. The average molecular weight is 223 g/mol. The lowest BCUT2D eigenvalue weighted by Gasteiger charge is -2.20. The molecule has 0 unspecified atom stereocenters. The maximum Gasteiger partial charge on any atom is 0.252 e. The Morgan fingerprint density at radius 2 is 2.00 bits per heavy atom. The number of hydrogen-bond acceptors (Lipinski definition) is 3. The van der Waals surface area contributed by atoms with Gasteiger partial charge in [-0.1, -0.05) is 0 Å². The largest absolute Gasteiger partial charge is 0.496 e. The highest BCUT2D eigenvalue weighted by atomic mass is 16.5. The molecule has 0 atom stereocenters. The first-order valence-corrected chi connectivity index (χ1v) is 5.04. The van der Waals surface area contributed by atoms with Crippen LogP contribution in [0.3, 0.4) is 0 Å². The maximum atomic E-state index is 11.4. The van der Waals surface area contributed by atoms with Gasteiger partial charge in [0.15, 0.2) is 0 Å². The highest BCUT2D eigenvalue weighted by Crippen LogP contribution is 2.29. The number of likely N-dealkylation sites (N-methyl/N-ethyl adjacent to an activating group) is 1. The topological polar surface area (TPSA) is 49.8 Å². The number of ether oxygens (including phenoxy) is 1. The minimum absolute atomic E-state index is 0.326. The van der Waals surface area contributed by atoms with E-state index in [0.717, 1.165) is 22.6 Å². The summed E-state index contributed by atoms with van der Waals surface area (Å²) in [7, 11) is 3.26. The quantitative estimate of drug-likeness (QED) is 0.839. The molecule has 0 bridgehead atoms. The zero-order chi connectivity index (χ0) is 12.3. The normalized spacial score (nSPS) is 10.1. The summed E-state index contributed by atoms with van der Waals surface area (Å²) in [6.07, 6.45) is 0.